The maximum atomic E-state index is 6.14. The summed E-state index contributed by atoms with van der Waals surface area (Å²) in [4.78, 5) is 10.6. The Morgan fingerprint density at radius 1 is 1.04 bits per heavy atom. The van der Waals surface area contributed by atoms with Crippen molar-refractivity contribution in [3.63, 3.8) is 0 Å². The van der Waals surface area contributed by atoms with E-state index in [-0.39, 0.29) is 5.95 Å². The van der Waals surface area contributed by atoms with Crippen LogP contribution in [0, 0.1) is 6.92 Å². The second kappa shape index (κ2) is 6.94. The van der Waals surface area contributed by atoms with Crippen LogP contribution in [0.15, 0.2) is 30.3 Å². The maximum Gasteiger partial charge on any atom is 0.222 e. The molecule has 0 spiro atoms. The summed E-state index contributed by atoms with van der Waals surface area (Å²) < 4.78 is 0. The summed E-state index contributed by atoms with van der Waals surface area (Å²) in [7, 11) is 0. The van der Waals surface area contributed by atoms with E-state index in [4.69, 9.17) is 34.7 Å². The first kappa shape index (κ1) is 17.6. The summed E-state index contributed by atoms with van der Waals surface area (Å²) in [6, 6.07) is 9.63. The number of nitrogens with two attached hydrogens (primary N) is 2. The molecule has 2 aromatic carbocycles. The van der Waals surface area contributed by atoms with E-state index in [9.17, 15) is 0 Å². The smallest absolute Gasteiger partial charge is 0.222 e. The van der Waals surface area contributed by atoms with Crippen molar-refractivity contribution >= 4 is 51.6 Å². The molecule has 7 heteroatoms. The highest BCUT2D eigenvalue weighted by molar-refractivity contribution is 6.42. The average molecular weight is 376 g/mol. The third-order valence-electron chi connectivity index (χ3n) is 4.22. The van der Waals surface area contributed by atoms with E-state index >= 15 is 0 Å². The number of nitrogen functional groups attached to an aromatic ring is 2. The minimum absolute atomic E-state index is 0.181. The number of aromatic nitrogens is 2. The van der Waals surface area contributed by atoms with Gasteiger partial charge in [0.1, 0.15) is 5.82 Å². The van der Waals surface area contributed by atoms with Crippen molar-refractivity contribution in [2.45, 2.75) is 20.4 Å². The van der Waals surface area contributed by atoms with Crippen molar-refractivity contribution in [3.8, 4) is 0 Å². The quantitative estimate of drug-likeness (QED) is 0.704. The van der Waals surface area contributed by atoms with E-state index in [1.165, 1.54) is 0 Å². The van der Waals surface area contributed by atoms with Gasteiger partial charge >= 0.3 is 0 Å². The van der Waals surface area contributed by atoms with Crippen LogP contribution < -0.4 is 16.4 Å². The van der Waals surface area contributed by atoms with Crippen LogP contribution in [-0.2, 0) is 6.54 Å². The van der Waals surface area contributed by atoms with Gasteiger partial charge in [-0.3, -0.25) is 0 Å². The molecule has 25 heavy (non-hydrogen) atoms. The van der Waals surface area contributed by atoms with Gasteiger partial charge in [0, 0.05) is 24.2 Å². The molecule has 3 aromatic rings. The largest absolute Gasteiger partial charge is 0.383 e. The van der Waals surface area contributed by atoms with E-state index in [0.29, 0.717) is 22.4 Å². The Labute approximate surface area is 156 Å². The SMILES string of the molecule is CCN(Cc1ccc(Cl)c(Cl)c1)c1ccc2nc(N)nc(N)c2c1C. The maximum absolute atomic E-state index is 6.14. The molecule has 0 amide bonds. The fourth-order valence-electron chi connectivity index (χ4n) is 3.00. The predicted molar refractivity (Wildman–Crippen MR) is 106 cm³/mol. The molecule has 0 aliphatic heterocycles. The zero-order valence-electron chi connectivity index (χ0n) is 14.1. The molecule has 1 heterocycles. The van der Waals surface area contributed by atoms with Gasteiger partial charge in [-0.2, -0.15) is 4.98 Å². The Hall–Kier alpha value is -2.24. The molecule has 4 N–H and O–H groups in total. The van der Waals surface area contributed by atoms with Crippen molar-refractivity contribution in [1.82, 2.24) is 9.97 Å². The van der Waals surface area contributed by atoms with Crippen molar-refractivity contribution in [1.29, 1.82) is 0 Å². The first-order chi connectivity index (χ1) is 11.9. The standard InChI is InChI=1S/C18H19Cl2N5/c1-3-25(9-11-4-5-12(19)13(20)8-11)15-7-6-14-16(10(15)2)17(21)24-18(22)23-14/h4-8H,3,9H2,1-2H3,(H4,21,22,23,24). The zero-order valence-corrected chi connectivity index (χ0v) is 15.6. The van der Waals surface area contributed by atoms with Gasteiger partial charge < -0.3 is 16.4 Å². The summed E-state index contributed by atoms with van der Waals surface area (Å²) in [5.41, 5.74) is 15.7. The van der Waals surface area contributed by atoms with Gasteiger partial charge in [0.2, 0.25) is 5.95 Å². The molecule has 0 aliphatic carbocycles. The van der Waals surface area contributed by atoms with Crippen LogP contribution in [0.4, 0.5) is 17.5 Å². The third-order valence-corrected chi connectivity index (χ3v) is 4.96. The monoisotopic (exact) mass is 375 g/mol. The van der Waals surface area contributed by atoms with Gasteiger partial charge in [-0.15, -0.1) is 0 Å². The first-order valence-corrected chi connectivity index (χ1v) is 8.67. The molecule has 0 bridgehead atoms. The second-order valence-electron chi connectivity index (χ2n) is 5.83. The first-order valence-electron chi connectivity index (χ1n) is 7.92. The van der Waals surface area contributed by atoms with E-state index < -0.39 is 0 Å². The molecule has 0 aliphatic rings. The number of fused-ring (bicyclic) bond motifs is 1. The molecule has 1 aromatic heterocycles. The van der Waals surface area contributed by atoms with Gasteiger partial charge in [0.15, 0.2) is 0 Å². The normalized spacial score (nSPS) is 11.0. The lowest BCUT2D eigenvalue weighted by Crippen LogP contribution is -2.23. The molecule has 130 valence electrons. The van der Waals surface area contributed by atoms with E-state index in [2.05, 4.69) is 21.8 Å². The van der Waals surface area contributed by atoms with Crippen molar-refractivity contribution in [3.05, 3.63) is 51.5 Å². The molecule has 0 unspecified atom stereocenters. The molecule has 0 atom stereocenters. The fourth-order valence-corrected chi connectivity index (χ4v) is 3.32. The highest BCUT2D eigenvalue weighted by Gasteiger charge is 2.14. The number of rotatable bonds is 4. The van der Waals surface area contributed by atoms with Crippen LogP contribution in [0.5, 0.6) is 0 Å². The van der Waals surface area contributed by atoms with Gasteiger partial charge in [-0.1, -0.05) is 29.3 Å². The number of hydrogen-bond donors (Lipinski definition) is 2. The number of anilines is 3. The fraction of sp³-hybridized carbons (Fsp3) is 0.222. The van der Waals surface area contributed by atoms with Crippen molar-refractivity contribution < 1.29 is 0 Å². The minimum atomic E-state index is 0.181. The summed E-state index contributed by atoms with van der Waals surface area (Å²) in [6.45, 7) is 5.65. The predicted octanol–water partition coefficient (Wildman–Crippen LogP) is 4.44. The van der Waals surface area contributed by atoms with Crippen LogP contribution >= 0.6 is 23.2 Å². The minimum Gasteiger partial charge on any atom is -0.383 e. The zero-order chi connectivity index (χ0) is 18.1. The third kappa shape index (κ3) is 3.43. The van der Waals surface area contributed by atoms with E-state index in [1.54, 1.807) is 0 Å². The number of benzene rings is 2. The van der Waals surface area contributed by atoms with Gasteiger partial charge in [-0.25, -0.2) is 4.98 Å². The van der Waals surface area contributed by atoms with Gasteiger partial charge in [0.25, 0.3) is 0 Å². The second-order valence-corrected chi connectivity index (χ2v) is 6.65. The highest BCUT2D eigenvalue weighted by atomic mass is 35.5. The number of halogens is 2. The van der Waals surface area contributed by atoms with Crippen molar-refractivity contribution in [2.24, 2.45) is 0 Å². The Balaban J connectivity index is 2.03. The number of aryl methyl sites for hydroxylation is 1. The van der Waals surface area contributed by atoms with E-state index in [1.807, 2.05) is 37.3 Å². The molecule has 0 saturated heterocycles. The van der Waals surface area contributed by atoms with Crippen LogP contribution in [0.3, 0.4) is 0 Å². The lowest BCUT2D eigenvalue weighted by atomic mass is 10.1. The molecule has 5 nitrogen and oxygen atoms in total. The molecular formula is C18H19Cl2N5. The van der Waals surface area contributed by atoms with Crippen LogP contribution in [0.2, 0.25) is 10.0 Å². The van der Waals surface area contributed by atoms with Gasteiger partial charge in [0.05, 0.1) is 15.6 Å². The average Bonchev–Trinajstić information content (AvgIpc) is 2.56. The topological polar surface area (TPSA) is 81.1 Å². The Kier molecular flexibility index (Phi) is 4.88. The summed E-state index contributed by atoms with van der Waals surface area (Å²) in [5.74, 6) is 0.577. The lowest BCUT2D eigenvalue weighted by Gasteiger charge is -2.26. The highest BCUT2D eigenvalue weighted by Crippen LogP contribution is 2.32. The molecular weight excluding hydrogens is 357 g/mol. The Bertz CT molecular complexity index is 942. The number of hydrogen-bond acceptors (Lipinski definition) is 5. The van der Waals surface area contributed by atoms with Crippen molar-refractivity contribution in [2.75, 3.05) is 22.9 Å². The Morgan fingerprint density at radius 3 is 2.48 bits per heavy atom. The molecule has 0 saturated carbocycles. The van der Waals surface area contributed by atoms with Crippen LogP contribution in [0.25, 0.3) is 10.9 Å². The molecule has 0 fully saturated rings. The summed E-state index contributed by atoms with van der Waals surface area (Å²) in [5, 5.41) is 1.94. The summed E-state index contributed by atoms with van der Waals surface area (Å²) >= 11 is 12.1. The summed E-state index contributed by atoms with van der Waals surface area (Å²) in [6.07, 6.45) is 0. The van der Waals surface area contributed by atoms with E-state index in [0.717, 1.165) is 34.3 Å². The van der Waals surface area contributed by atoms with Crippen LogP contribution in [0.1, 0.15) is 18.1 Å². The molecule has 3 rings (SSSR count). The molecule has 0 radical (unpaired) electrons. The number of nitrogens with zero attached hydrogens (tertiary/aromatic N) is 3. The lowest BCUT2D eigenvalue weighted by molar-refractivity contribution is 0.829. The van der Waals surface area contributed by atoms with Crippen LogP contribution in [-0.4, -0.2) is 16.5 Å². The van der Waals surface area contributed by atoms with Gasteiger partial charge in [-0.05, 0) is 49.2 Å². The Morgan fingerprint density at radius 2 is 1.80 bits per heavy atom.